The van der Waals surface area contributed by atoms with E-state index in [4.69, 9.17) is 23.2 Å². The molecule has 1 heterocycles. The number of benzene rings is 3. The Labute approximate surface area is 191 Å². The number of hydrogen-bond donors (Lipinski definition) is 1. The number of sulfonamides is 1. The van der Waals surface area contributed by atoms with Gasteiger partial charge in [-0.05, 0) is 72.1 Å². The summed E-state index contributed by atoms with van der Waals surface area (Å²) in [6, 6.07) is 21.0. The maximum Gasteiger partial charge on any atom is 0.240 e. The van der Waals surface area contributed by atoms with Gasteiger partial charge in [-0.1, -0.05) is 35.3 Å². The molecule has 0 fully saturated rings. The van der Waals surface area contributed by atoms with Gasteiger partial charge in [-0.3, -0.25) is 0 Å². The minimum Gasteiger partial charge on any atom is -0.365 e. The fourth-order valence-corrected chi connectivity index (χ4v) is 5.37. The summed E-state index contributed by atoms with van der Waals surface area (Å²) >= 11 is 12.0. The zero-order chi connectivity index (χ0) is 22.0. The molecular weight excluding hydrogens is 453 g/mol. The van der Waals surface area contributed by atoms with Gasteiger partial charge in [0, 0.05) is 34.9 Å². The average Bonchev–Trinajstić information content (AvgIpc) is 2.73. The third-order valence-electron chi connectivity index (χ3n) is 5.16. The molecule has 1 atom stereocenters. The molecule has 0 spiro atoms. The van der Waals surface area contributed by atoms with E-state index in [1.54, 1.807) is 18.2 Å². The van der Waals surface area contributed by atoms with Gasteiger partial charge in [-0.15, -0.1) is 0 Å². The molecule has 1 N–H and O–H groups in total. The minimum atomic E-state index is -3.72. The molecule has 8 heteroatoms. The molecule has 0 saturated carbocycles. The van der Waals surface area contributed by atoms with E-state index in [-0.39, 0.29) is 10.9 Å². The normalized spacial score (nSPS) is 15.9. The lowest BCUT2D eigenvalue weighted by atomic mass is 9.96. The molecule has 0 bridgehead atoms. The second-order valence-corrected chi connectivity index (χ2v) is 10.0. The topological polar surface area (TPSA) is 73.2 Å². The van der Waals surface area contributed by atoms with E-state index in [1.165, 1.54) is 12.1 Å². The molecule has 31 heavy (non-hydrogen) atoms. The van der Waals surface area contributed by atoms with Crippen molar-refractivity contribution in [2.75, 3.05) is 11.4 Å². The largest absolute Gasteiger partial charge is 0.365 e. The lowest BCUT2D eigenvalue weighted by molar-refractivity contribution is 0.524. The van der Waals surface area contributed by atoms with Crippen molar-refractivity contribution >= 4 is 38.9 Å². The van der Waals surface area contributed by atoms with Gasteiger partial charge in [0.15, 0.2) is 0 Å². The Balaban J connectivity index is 1.64. The Morgan fingerprint density at radius 1 is 1.03 bits per heavy atom. The molecule has 4 rings (SSSR count). The highest BCUT2D eigenvalue weighted by Gasteiger charge is 2.28. The van der Waals surface area contributed by atoms with E-state index in [0.29, 0.717) is 35.1 Å². The van der Waals surface area contributed by atoms with Gasteiger partial charge in [0.2, 0.25) is 10.0 Å². The quantitative estimate of drug-likeness (QED) is 0.581. The fourth-order valence-electron chi connectivity index (χ4n) is 3.81. The van der Waals surface area contributed by atoms with Crippen molar-refractivity contribution in [2.45, 2.75) is 23.9 Å². The molecule has 3 aromatic carbocycles. The number of nitrogens with zero attached hydrogens (tertiary/aromatic N) is 2. The highest BCUT2D eigenvalue weighted by atomic mass is 35.5. The van der Waals surface area contributed by atoms with Crippen molar-refractivity contribution < 1.29 is 8.42 Å². The number of fused-ring (bicyclic) bond motifs is 1. The Morgan fingerprint density at radius 2 is 1.81 bits per heavy atom. The van der Waals surface area contributed by atoms with Crippen molar-refractivity contribution in [2.24, 2.45) is 0 Å². The molecule has 0 aliphatic carbocycles. The molecule has 1 aliphatic heterocycles. The lowest BCUT2D eigenvalue weighted by Crippen LogP contribution is -2.48. The standard InChI is InChI=1S/C23H19Cl2N3O2S/c24-19-5-7-22(8-6-19)31(29,30)27-21-12-18-10-16(13-26)4-9-23(18)28(15-21)14-17-2-1-3-20(25)11-17/h1-11,21,27H,12,14-15H2/t21-/m0/s1. The molecule has 0 radical (unpaired) electrons. The van der Waals surface area contributed by atoms with Crippen LogP contribution in [0.15, 0.2) is 71.6 Å². The Bertz CT molecular complexity index is 1250. The number of halogens is 2. The SMILES string of the molecule is N#Cc1ccc2c(c1)C[C@H](NS(=O)(=O)c1ccc(Cl)cc1)CN2Cc1cccc(Cl)c1. The van der Waals surface area contributed by atoms with E-state index in [9.17, 15) is 13.7 Å². The van der Waals surface area contributed by atoms with E-state index in [2.05, 4.69) is 15.7 Å². The van der Waals surface area contributed by atoms with Gasteiger partial charge in [0.1, 0.15) is 0 Å². The van der Waals surface area contributed by atoms with Gasteiger partial charge in [-0.25, -0.2) is 13.1 Å². The monoisotopic (exact) mass is 471 g/mol. The first-order valence-corrected chi connectivity index (χ1v) is 11.9. The molecule has 0 unspecified atom stereocenters. The molecule has 0 aromatic heterocycles. The van der Waals surface area contributed by atoms with Crippen LogP contribution in [0, 0.1) is 11.3 Å². The molecule has 5 nitrogen and oxygen atoms in total. The second-order valence-electron chi connectivity index (χ2n) is 7.44. The summed E-state index contributed by atoms with van der Waals surface area (Å²) in [6.07, 6.45) is 0.490. The fraction of sp³-hybridized carbons (Fsp3) is 0.174. The molecular formula is C23H19Cl2N3O2S. The summed E-state index contributed by atoms with van der Waals surface area (Å²) in [7, 11) is -3.72. The molecule has 3 aromatic rings. The van der Waals surface area contributed by atoms with Crippen LogP contribution in [0.25, 0.3) is 0 Å². The second kappa shape index (κ2) is 8.89. The van der Waals surface area contributed by atoms with Crippen molar-refractivity contribution in [1.82, 2.24) is 4.72 Å². The third-order valence-corrected chi connectivity index (χ3v) is 7.19. The first-order chi connectivity index (χ1) is 14.8. The Hall–Kier alpha value is -2.56. The lowest BCUT2D eigenvalue weighted by Gasteiger charge is -2.36. The van der Waals surface area contributed by atoms with E-state index in [1.807, 2.05) is 36.4 Å². The van der Waals surface area contributed by atoms with Gasteiger partial charge < -0.3 is 4.90 Å². The predicted molar refractivity (Wildman–Crippen MR) is 123 cm³/mol. The minimum absolute atomic E-state index is 0.162. The van der Waals surface area contributed by atoms with Gasteiger partial charge in [0.05, 0.1) is 16.5 Å². The molecule has 0 amide bonds. The van der Waals surface area contributed by atoms with E-state index in [0.717, 1.165) is 16.8 Å². The first kappa shape index (κ1) is 21.7. The number of anilines is 1. The Kier molecular flexibility index (Phi) is 6.22. The van der Waals surface area contributed by atoms with Crippen LogP contribution < -0.4 is 9.62 Å². The van der Waals surface area contributed by atoms with E-state index < -0.39 is 10.0 Å². The zero-order valence-corrected chi connectivity index (χ0v) is 18.8. The van der Waals surface area contributed by atoms with Crippen LogP contribution in [0.2, 0.25) is 10.0 Å². The van der Waals surface area contributed by atoms with Crippen LogP contribution in [-0.2, 0) is 23.0 Å². The van der Waals surface area contributed by atoms with Crippen molar-refractivity contribution in [3.63, 3.8) is 0 Å². The summed E-state index contributed by atoms with van der Waals surface area (Å²) < 4.78 is 28.6. The third kappa shape index (κ3) is 5.03. The Morgan fingerprint density at radius 3 is 2.52 bits per heavy atom. The van der Waals surface area contributed by atoms with Gasteiger partial charge >= 0.3 is 0 Å². The average molecular weight is 472 g/mol. The zero-order valence-electron chi connectivity index (χ0n) is 16.4. The van der Waals surface area contributed by atoms with Crippen LogP contribution in [-0.4, -0.2) is 21.0 Å². The molecule has 1 aliphatic rings. The maximum atomic E-state index is 12.9. The van der Waals surface area contributed by atoms with Crippen LogP contribution in [0.4, 0.5) is 5.69 Å². The first-order valence-electron chi connectivity index (χ1n) is 9.64. The highest BCUT2D eigenvalue weighted by Crippen LogP contribution is 2.30. The summed E-state index contributed by atoms with van der Waals surface area (Å²) in [5.41, 5.74) is 3.48. The number of rotatable bonds is 5. The maximum absolute atomic E-state index is 12.9. The highest BCUT2D eigenvalue weighted by molar-refractivity contribution is 7.89. The van der Waals surface area contributed by atoms with Crippen LogP contribution in [0.5, 0.6) is 0 Å². The van der Waals surface area contributed by atoms with Crippen LogP contribution in [0.3, 0.4) is 0 Å². The van der Waals surface area contributed by atoms with Crippen molar-refractivity contribution in [3.8, 4) is 6.07 Å². The van der Waals surface area contributed by atoms with Crippen molar-refractivity contribution in [1.29, 1.82) is 5.26 Å². The smallest absolute Gasteiger partial charge is 0.240 e. The number of nitrogens with one attached hydrogen (secondary N) is 1. The summed E-state index contributed by atoms with van der Waals surface area (Å²) in [4.78, 5) is 2.27. The summed E-state index contributed by atoms with van der Waals surface area (Å²) in [6.45, 7) is 1.05. The van der Waals surface area contributed by atoms with Crippen LogP contribution >= 0.6 is 23.2 Å². The van der Waals surface area contributed by atoms with Crippen molar-refractivity contribution in [3.05, 3.63) is 93.5 Å². The summed E-state index contributed by atoms with van der Waals surface area (Å²) in [5, 5.41) is 10.4. The van der Waals surface area contributed by atoms with E-state index >= 15 is 0 Å². The molecule has 0 saturated heterocycles. The summed E-state index contributed by atoms with van der Waals surface area (Å²) in [5.74, 6) is 0. The number of nitriles is 1. The van der Waals surface area contributed by atoms with Gasteiger partial charge in [-0.2, -0.15) is 5.26 Å². The molecule has 158 valence electrons. The predicted octanol–water partition coefficient (Wildman–Crippen LogP) is 4.77. The number of hydrogen-bond acceptors (Lipinski definition) is 4. The van der Waals surface area contributed by atoms with Crippen LogP contribution in [0.1, 0.15) is 16.7 Å². The van der Waals surface area contributed by atoms with Gasteiger partial charge in [0.25, 0.3) is 0 Å².